The van der Waals surface area contributed by atoms with Gasteiger partial charge in [-0.15, -0.1) is 0 Å². The van der Waals surface area contributed by atoms with E-state index in [4.69, 9.17) is 15.3 Å². The van der Waals surface area contributed by atoms with E-state index in [1.54, 1.807) is 0 Å². The highest BCUT2D eigenvalue weighted by Crippen LogP contribution is 2.35. The molecule has 0 fully saturated rings. The second-order valence-electron chi connectivity index (χ2n) is 5.86. The average molecular weight is 413 g/mol. The van der Waals surface area contributed by atoms with Gasteiger partial charge in [0.2, 0.25) is 0 Å². The minimum absolute atomic E-state index is 0.247. The van der Waals surface area contributed by atoms with Crippen LogP contribution in [0.2, 0.25) is 0 Å². The molecule has 0 heterocycles. The van der Waals surface area contributed by atoms with Crippen LogP contribution in [0.25, 0.3) is 0 Å². The Balaban J connectivity index is 2.22. The fourth-order valence-electron chi connectivity index (χ4n) is 2.48. The van der Waals surface area contributed by atoms with Gasteiger partial charge in [-0.2, -0.15) is 36.9 Å². The number of hydrogen-bond acceptors (Lipinski definition) is 4. The molecule has 0 amide bonds. The van der Waals surface area contributed by atoms with Crippen molar-refractivity contribution in [1.82, 2.24) is 0 Å². The van der Waals surface area contributed by atoms with Crippen molar-refractivity contribution in [3.8, 4) is 17.9 Å². The highest BCUT2D eigenvalue weighted by molar-refractivity contribution is 5.55. The van der Waals surface area contributed by atoms with E-state index in [0.29, 0.717) is 22.3 Å². The van der Waals surface area contributed by atoms with Crippen molar-refractivity contribution in [2.24, 2.45) is 0 Å². The zero-order chi connectivity index (χ0) is 21.7. The van der Waals surface area contributed by atoms with Crippen molar-refractivity contribution < 1.29 is 31.1 Å². The zero-order valence-corrected chi connectivity index (χ0v) is 14.7. The first kappa shape index (κ1) is 21.9. The van der Waals surface area contributed by atoms with Gasteiger partial charge in [0.05, 0.1) is 35.4 Å². The summed E-state index contributed by atoms with van der Waals surface area (Å²) in [6.07, 6.45) is -9.55. The average Bonchev–Trinajstić information content (AvgIpc) is 2.65. The van der Waals surface area contributed by atoms with Crippen molar-refractivity contribution in [2.45, 2.75) is 12.4 Å². The molecule has 0 aliphatic heterocycles. The summed E-state index contributed by atoms with van der Waals surface area (Å²) in [5, 5.41) is 17.5. The van der Waals surface area contributed by atoms with Crippen LogP contribution in [0, 0.1) is 22.7 Å². The van der Waals surface area contributed by atoms with Gasteiger partial charge in [0.25, 0.3) is 0 Å². The van der Waals surface area contributed by atoms with E-state index in [0.717, 1.165) is 12.1 Å². The predicted octanol–water partition coefficient (Wildman–Crippen LogP) is 4.90. The van der Waals surface area contributed by atoms with Crippen molar-refractivity contribution in [3.05, 3.63) is 59.2 Å². The number of alkyl halides is 6. The van der Waals surface area contributed by atoms with Crippen LogP contribution in [0.3, 0.4) is 0 Å². The van der Waals surface area contributed by atoms with Crippen LogP contribution in [0.4, 0.5) is 32.0 Å². The van der Waals surface area contributed by atoms with Gasteiger partial charge in [0.1, 0.15) is 18.9 Å². The Morgan fingerprint density at radius 3 is 2.07 bits per heavy atom. The minimum Gasteiger partial charge on any atom is -0.492 e. The second-order valence-corrected chi connectivity index (χ2v) is 5.86. The first-order valence-electron chi connectivity index (χ1n) is 8.09. The SMILES string of the molecule is N#Cc1ccc(OCCN(CC(F)(F)F)c2ccc(C#N)c(C(F)(F)F)c2)cc1. The zero-order valence-electron chi connectivity index (χ0n) is 14.7. The van der Waals surface area contributed by atoms with E-state index in [9.17, 15) is 26.3 Å². The molecule has 0 aliphatic carbocycles. The summed E-state index contributed by atoms with van der Waals surface area (Å²) in [4.78, 5) is 0.694. The minimum atomic E-state index is -4.88. The molecule has 0 atom stereocenters. The van der Waals surface area contributed by atoms with E-state index in [1.807, 2.05) is 6.07 Å². The van der Waals surface area contributed by atoms with E-state index >= 15 is 0 Å². The molecule has 0 radical (unpaired) electrons. The lowest BCUT2D eigenvalue weighted by Gasteiger charge is -2.27. The first-order valence-corrected chi connectivity index (χ1v) is 8.09. The Hall–Kier alpha value is -3.40. The number of benzene rings is 2. The number of ether oxygens (including phenoxy) is 1. The topological polar surface area (TPSA) is 60.0 Å². The third kappa shape index (κ3) is 6.32. The summed E-state index contributed by atoms with van der Waals surface area (Å²) in [5.74, 6) is 0.298. The van der Waals surface area contributed by atoms with E-state index in [-0.39, 0.29) is 18.8 Å². The second kappa shape index (κ2) is 8.74. The van der Waals surface area contributed by atoms with Gasteiger partial charge in [0.15, 0.2) is 0 Å². The van der Waals surface area contributed by atoms with Gasteiger partial charge in [-0.25, -0.2) is 0 Å². The highest BCUT2D eigenvalue weighted by atomic mass is 19.4. The molecule has 2 aromatic rings. The van der Waals surface area contributed by atoms with Crippen LogP contribution >= 0.6 is 0 Å². The molecule has 0 spiro atoms. The molecule has 2 rings (SSSR count). The summed E-state index contributed by atoms with van der Waals surface area (Å²) >= 11 is 0. The van der Waals surface area contributed by atoms with Gasteiger partial charge in [0, 0.05) is 5.69 Å². The maximum atomic E-state index is 13.1. The first-order chi connectivity index (χ1) is 13.5. The van der Waals surface area contributed by atoms with Crippen molar-refractivity contribution in [2.75, 3.05) is 24.6 Å². The molecule has 152 valence electrons. The monoisotopic (exact) mass is 413 g/mol. The quantitative estimate of drug-likeness (QED) is 0.633. The highest BCUT2D eigenvalue weighted by Gasteiger charge is 2.36. The molecule has 0 saturated carbocycles. The molecule has 0 aromatic heterocycles. The van der Waals surface area contributed by atoms with Crippen LogP contribution in [-0.2, 0) is 6.18 Å². The number of nitriles is 2. The third-order valence-electron chi connectivity index (χ3n) is 3.78. The molecule has 10 heteroatoms. The Bertz CT molecular complexity index is 923. The number of rotatable bonds is 6. The summed E-state index contributed by atoms with van der Waals surface area (Å²) < 4.78 is 83.4. The molecule has 2 aromatic carbocycles. The molecule has 0 bridgehead atoms. The van der Waals surface area contributed by atoms with Gasteiger partial charge < -0.3 is 9.64 Å². The third-order valence-corrected chi connectivity index (χ3v) is 3.78. The van der Waals surface area contributed by atoms with Gasteiger partial charge >= 0.3 is 12.4 Å². The maximum Gasteiger partial charge on any atom is 0.417 e. The van der Waals surface area contributed by atoms with Crippen LogP contribution < -0.4 is 9.64 Å². The van der Waals surface area contributed by atoms with Crippen molar-refractivity contribution >= 4 is 5.69 Å². The lowest BCUT2D eigenvalue weighted by molar-refractivity contribution is -0.137. The normalized spacial score (nSPS) is 11.4. The predicted molar refractivity (Wildman–Crippen MR) is 91.1 cm³/mol. The van der Waals surface area contributed by atoms with Gasteiger partial charge in [-0.3, -0.25) is 0 Å². The Morgan fingerprint density at radius 2 is 1.55 bits per heavy atom. The van der Waals surface area contributed by atoms with E-state index < -0.39 is 30.0 Å². The van der Waals surface area contributed by atoms with Gasteiger partial charge in [-0.05, 0) is 42.5 Å². The lowest BCUT2D eigenvalue weighted by atomic mass is 10.1. The number of nitrogens with zero attached hydrogens (tertiary/aromatic N) is 3. The molecule has 0 unspecified atom stereocenters. The summed E-state index contributed by atoms with van der Waals surface area (Å²) in [7, 11) is 0. The summed E-state index contributed by atoms with van der Waals surface area (Å²) in [6.45, 7) is -2.10. The molecule has 0 aliphatic rings. The van der Waals surface area contributed by atoms with E-state index in [1.165, 1.54) is 30.3 Å². The number of anilines is 1. The Morgan fingerprint density at radius 1 is 0.897 bits per heavy atom. The Kier molecular flexibility index (Phi) is 6.60. The molecule has 4 nitrogen and oxygen atoms in total. The molecule has 0 N–H and O–H groups in total. The number of halogens is 6. The lowest BCUT2D eigenvalue weighted by Crippen LogP contribution is -2.37. The largest absolute Gasteiger partial charge is 0.492 e. The summed E-state index contributed by atoms with van der Waals surface area (Å²) in [5.41, 5.74) is -1.95. The molecular formula is C19H13F6N3O. The molecule has 29 heavy (non-hydrogen) atoms. The van der Waals surface area contributed by atoms with Crippen LogP contribution in [0.5, 0.6) is 5.75 Å². The van der Waals surface area contributed by atoms with Crippen molar-refractivity contribution in [3.63, 3.8) is 0 Å². The maximum absolute atomic E-state index is 13.1. The van der Waals surface area contributed by atoms with Gasteiger partial charge in [-0.1, -0.05) is 0 Å². The fourth-order valence-corrected chi connectivity index (χ4v) is 2.48. The molecular weight excluding hydrogens is 400 g/mol. The van der Waals surface area contributed by atoms with Crippen LogP contribution in [-0.4, -0.2) is 25.9 Å². The standard InChI is InChI=1S/C19H13F6N3O/c20-18(21,22)12-28(7-8-29-16-5-1-13(10-26)2-6-16)15-4-3-14(11-27)17(9-15)19(23,24)25/h1-6,9H,7-8,12H2. The van der Waals surface area contributed by atoms with E-state index in [2.05, 4.69) is 0 Å². The fraction of sp³-hybridized carbons (Fsp3) is 0.263. The van der Waals surface area contributed by atoms with Crippen LogP contribution in [0.15, 0.2) is 42.5 Å². The smallest absolute Gasteiger partial charge is 0.417 e. The Labute approximate surface area is 162 Å². The summed E-state index contributed by atoms with van der Waals surface area (Å²) in [6, 6.07) is 11.5. The molecule has 0 saturated heterocycles. The van der Waals surface area contributed by atoms with Crippen LogP contribution in [0.1, 0.15) is 16.7 Å². The number of hydrogen-bond donors (Lipinski definition) is 0. The van der Waals surface area contributed by atoms with Crippen molar-refractivity contribution in [1.29, 1.82) is 10.5 Å².